The van der Waals surface area contributed by atoms with Crippen molar-refractivity contribution in [3.05, 3.63) is 11.0 Å². The largest absolute Gasteiger partial charge is 0.350 e. The van der Waals surface area contributed by atoms with Crippen molar-refractivity contribution in [2.75, 3.05) is 0 Å². The van der Waals surface area contributed by atoms with Crippen LogP contribution < -0.4 is 0 Å². The lowest BCUT2D eigenvalue weighted by Gasteiger charge is -2.30. The Morgan fingerprint density at radius 1 is 1.14 bits per heavy atom. The molecule has 0 aromatic heterocycles. The van der Waals surface area contributed by atoms with Crippen molar-refractivity contribution in [2.24, 2.45) is 0 Å². The van der Waals surface area contributed by atoms with Crippen molar-refractivity contribution in [1.82, 2.24) is 0 Å². The molecule has 1 aliphatic carbocycles. The van der Waals surface area contributed by atoms with Gasteiger partial charge in [0.05, 0.1) is 0 Å². The first-order valence-electron chi connectivity index (χ1n) is 4.04. The minimum absolute atomic E-state index is 0.734. The summed E-state index contributed by atoms with van der Waals surface area (Å²) in [4.78, 5) is 0. The molecular weight excluding hydrogens is 202 g/mol. The van der Waals surface area contributed by atoms with Crippen LogP contribution in [0.1, 0.15) is 20.3 Å². The third kappa shape index (κ3) is 0.942. The van der Waals surface area contributed by atoms with Crippen LogP contribution in [0.3, 0.4) is 0 Å². The van der Waals surface area contributed by atoms with Crippen molar-refractivity contribution in [3.63, 3.8) is 0 Å². The van der Waals surface area contributed by atoms with E-state index in [0.29, 0.717) is 0 Å². The summed E-state index contributed by atoms with van der Waals surface area (Å²) in [5.74, 6) is -9.36. The minimum Gasteiger partial charge on any atom is -0.232 e. The number of halogens is 5. The molecule has 0 N–H and O–H groups in total. The van der Waals surface area contributed by atoms with Gasteiger partial charge in [0.1, 0.15) is 7.85 Å². The van der Waals surface area contributed by atoms with E-state index in [-0.39, 0.29) is 0 Å². The van der Waals surface area contributed by atoms with E-state index in [1.807, 2.05) is 0 Å². The zero-order chi connectivity index (χ0) is 11.4. The third-order valence-corrected chi connectivity index (χ3v) is 2.72. The fraction of sp³-hybridized carbons (Fsp3) is 0.750. The molecule has 1 rings (SSSR count). The Hall–Kier alpha value is -0.545. The molecule has 0 aliphatic heterocycles. The predicted octanol–water partition coefficient (Wildman–Crippen LogP) is 2.83. The van der Waals surface area contributed by atoms with E-state index in [0.717, 1.165) is 13.8 Å². The van der Waals surface area contributed by atoms with Gasteiger partial charge in [0.2, 0.25) is 5.67 Å². The molecule has 0 fully saturated rings. The van der Waals surface area contributed by atoms with Crippen molar-refractivity contribution in [3.8, 4) is 0 Å². The first-order valence-corrected chi connectivity index (χ1v) is 4.04. The normalized spacial score (nSPS) is 35.1. The highest BCUT2D eigenvalue weighted by atomic mass is 19.3. The van der Waals surface area contributed by atoms with Gasteiger partial charge in [-0.3, -0.25) is 0 Å². The Kier molecular flexibility index (Phi) is 2.25. The highest BCUT2D eigenvalue weighted by Gasteiger charge is 2.75. The molecule has 0 amide bonds. The van der Waals surface area contributed by atoms with Gasteiger partial charge < -0.3 is 0 Å². The molecule has 6 heteroatoms. The molecule has 1 unspecified atom stereocenters. The van der Waals surface area contributed by atoms with Gasteiger partial charge >= 0.3 is 11.8 Å². The second kappa shape index (κ2) is 2.73. The van der Waals surface area contributed by atoms with Crippen LogP contribution in [-0.2, 0) is 0 Å². The van der Waals surface area contributed by atoms with Crippen LogP contribution in [0.5, 0.6) is 0 Å². The Labute approximate surface area is 79.6 Å². The van der Waals surface area contributed by atoms with E-state index in [1.165, 1.54) is 0 Å². The molecule has 1 atom stereocenters. The van der Waals surface area contributed by atoms with E-state index in [1.54, 1.807) is 0 Å². The van der Waals surface area contributed by atoms with Crippen LogP contribution >= 0.6 is 0 Å². The van der Waals surface area contributed by atoms with Crippen LogP contribution in [0.25, 0.3) is 0 Å². The fourth-order valence-corrected chi connectivity index (χ4v) is 1.59. The van der Waals surface area contributed by atoms with Gasteiger partial charge in [-0.2, -0.15) is 17.6 Å². The summed E-state index contributed by atoms with van der Waals surface area (Å²) in [5, 5.41) is 0. The van der Waals surface area contributed by atoms with Crippen LogP contribution in [0.4, 0.5) is 22.0 Å². The molecule has 0 spiro atoms. The minimum atomic E-state index is -4.76. The number of hydrogen-bond donors (Lipinski definition) is 0. The quantitative estimate of drug-likeness (QED) is 0.461. The Morgan fingerprint density at radius 3 is 1.71 bits per heavy atom. The summed E-state index contributed by atoms with van der Waals surface area (Å²) < 4.78 is 65.4. The molecule has 0 heterocycles. The average molecular weight is 210 g/mol. The van der Waals surface area contributed by atoms with Gasteiger partial charge in [-0.1, -0.05) is 6.92 Å². The summed E-state index contributed by atoms with van der Waals surface area (Å²) >= 11 is 0. The lowest BCUT2D eigenvalue weighted by atomic mass is 9.88. The van der Waals surface area contributed by atoms with Crippen LogP contribution in [0.15, 0.2) is 11.0 Å². The monoisotopic (exact) mass is 210 g/mol. The summed E-state index contributed by atoms with van der Waals surface area (Å²) in [6.07, 6.45) is -0.734. The molecule has 78 valence electrons. The standard InChI is InChI=1S/C8H8BF5/c1-3-6(10)4(2)5(9)7(11,12)8(6,13)14/h3H2,1-2H3. The summed E-state index contributed by atoms with van der Waals surface area (Å²) in [5.41, 5.74) is -5.46. The Bertz CT molecular complexity index is 296. The maximum Gasteiger partial charge on any atom is 0.350 e. The molecular formula is C8H8BF5. The van der Waals surface area contributed by atoms with Crippen LogP contribution in [0, 0.1) is 0 Å². The topological polar surface area (TPSA) is 0 Å². The van der Waals surface area contributed by atoms with Gasteiger partial charge in [0.15, 0.2) is 0 Å². The second-order valence-corrected chi connectivity index (χ2v) is 3.34. The maximum atomic E-state index is 13.6. The molecule has 0 saturated carbocycles. The highest BCUT2D eigenvalue weighted by molar-refractivity contribution is 6.24. The number of hydrogen-bond acceptors (Lipinski definition) is 0. The van der Waals surface area contributed by atoms with Crippen molar-refractivity contribution in [1.29, 1.82) is 0 Å². The molecule has 14 heavy (non-hydrogen) atoms. The Balaban J connectivity index is 3.40. The van der Waals surface area contributed by atoms with Gasteiger partial charge in [-0.15, -0.1) is 0 Å². The van der Waals surface area contributed by atoms with Gasteiger partial charge in [-0.25, -0.2) is 4.39 Å². The number of allylic oxidation sites excluding steroid dienone is 2. The van der Waals surface area contributed by atoms with E-state index >= 15 is 0 Å². The lowest BCUT2D eigenvalue weighted by Crippen LogP contribution is -2.51. The fourth-order valence-electron chi connectivity index (χ4n) is 1.59. The average Bonchev–Trinajstić information content (AvgIpc) is 2.19. The van der Waals surface area contributed by atoms with Gasteiger partial charge in [-0.05, 0) is 24.4 Å². The summed E-state index contributed by atoms with van der Waals surface area (Å²) in [6.45, 7) is 1.94. The van der Waals surface area contributed by atoms with Crippen molar-refractivity contribution >= 4 is 7.85 Å². The summed E-state index contributed by atoms with van der Waals surface area (Å²) in [7, 11) is 4.79. The number of rotatable bonds is 1. The number of alkyl halides is 5. The van der Waals surface area contributed by atoms with E-state index in [2.05, 4.69) is 0 Å². The maximum absolute atomic E-state index is 13.6. The molecule has 0 aromatic carbocycles. The zero-order valence-electron chi connectivity index (χ0n) is 7.67. The third-order valence-electron chi connectivity index (χ3n) is 2.72. The van der Waals surface area contributed by atoms with Gasteiger partial charge in [0.25, 0.3) is 0 Å². The highest BCUT2D eigenvalue weighted by Crippen LogP contribution is 2.58. The first-order chi connectivity index (χ1) is 6.13. The second-order valence-electron chi connectivity index (χ2n) is 3.34. The predicted molar refractivity (Wildman–Crippen MR) is 42.5 cm³/mol. The molecule has 2 radical (unpaired) electrons. The molecule has 0 aromatic rings. The SMILES string of the molecule is [B]C1=C(C)C(F)(CC)C(F)(F)C1(F)F. The smallest absolute Gasteiger partial charge is 0.232 e. The summed E-state index contributed by atoms with van der Waals surface area (Å²) in [6, 6.07) is 0. The van der Waals surface area contributed by atoms with Gasteiger partial charge in [0, 0.05) is 0 Å². The first kappa shape index (κ1) is 11.5. The van der Waals surface area contributed by atoms with Crippen molar-refractivity contribution < 1.29 is 22.0 Å². The Morgan fingerprint density at radius 2 is 1.57 bits per heavy atom. The lowest BCUT2D eigenvalue weighted by molar-refractivity contribution is -0.227. The van der Waals surface area contributed by atoms with Crippen LogP contribution in [0.2, 0.25) is 0 Å². The molecule has 0 bridgehead atoms. The van der Waals surface area contributed by atoms with E-state index in [9.17, 15) is 22.0 Å². The molecule has 0 nitrogen and oxygen atoms in total. The van der Waals surface area contributed by atoms with E-state index < -0.39 is 35.0 Å². The van der Waals surface area contributed by atoms with Crippen LogP contribution in [-0.4, -0.2) is 25.4 Å². The zero-order valence-corrected chi connectivity index (χ0v) is 7.67. The molecule has 1 aliphatic rings. The molecule has 0 saturated heterocycles. The van der Waals surface area contributed by atoms with Crippen molar-refractivity contribution in [2.45, 2.75) is 37.8 Å². The van der Waals surface area contributed by atoms with E-state index in [4.69, 9.17) is 7.85 Å².